The van der Waals surface area contributed by atoms with Gasteiger partial charge in [-0.25, -0.2) is 18.2 Å². The molecule has 1 aromatic heterocycles. The van der Waals surface area contributed by atoms with Crippen LogP contribution in [0.1, 0.15) is 12.0 Å². The fraction of sp³-hybridized carbons (Fsp3) is 0.538. The lowest BCUT2D eigenvalue weighted by atomic mass is 10.2. The van der Waals surface area contributed by atoms with Crippen LogP contribution in [0.3, 0.4) is 0 Å². The number of hydrogen-bond donors (Lipinski definition) is 2. The van der Waals surface area contributed by atoms with Gasteiger partial charge in [-0.2, -0.15) is 0 Å². The van der Waals surface area contributed by atoms with Gasteiger partial charge in [0.1, 0.15) is 5.82 Å². The van der Waals surface area contributed by atoms with Gasteiger partial charge in [0.25, 0.3) is 0 Å². The molecule has 8 heteroatoms. The van der Waals surface area contributed by atoms with Crippen LogP contribution in [-0.4, -0.2) is 51.1 Å². The van der Waals surface area contributed by atoms with E-state index in [1.807, 2.05) is 31.1 Å². The van der Waals surface area contributed by atoms with E-state index in [4.69, 9.17) is 0 Å². The summed E-state index contributed by atoms with van der Waals surface area (Å²) in [6, 6.07) is 3.05. The molecule has 1 saturated heterocycles. The largest absolute Gasteiger partial charge is 0.362 e. The van der Waals surface area contributed by atoms with Gasteiger partial charge in [0, 0.05) is 38.4 Å². The van der Waals surface area contributed by atoms with Crippen LogP contribution in [-0.2, 0) is 16.4 Å². The van der Waals surface area contributed by atoms with Crippen molar-refractivity contribution in [2.24, 2.45) is 0 Å². The third-order valence-corrected chi connectivity index (χ3v) is 5.07. The van der Waals surface area contributed by atoms with E-state index in [9.17, 15) is 13.2 Å². The van der Waals surface area contributed by atoms with Crippen LogP contribution in [0.25, 0.3) is 0 Å². The molecule has 21 heavy (non-hydrogen) atoms. The Bertz CT molecular complexity index is 616. The fourth-order valence-electron chi connectivity index (χ4n) is 2.29. The van der Waals surface area contributed by atoms with E-state index < -0.39 is 9.84 Å². The van der Waals surface area contributed by atoms with Crippen LogP contribution in [0.15, 0.2) is 18.3 Å². The molecular formula is C13H20N4O3S. The number of pyridine rings is 1. The quantitative estimate of drug-likeness (QED) is 0.825. The zero-order valence-corrected chi connectivity index (χ0v) is 13.0. The lowest BCUT2D eigenvalue weighted by Crippen LogP contribution is -2.42. The Hall–Kier alpha value is -1.83. The van der Waals surface area contributed by atoms with E-state index in [-0.39, 0.29) is 23.6 Å². The smallest absolute Gasteiger partial charge is 0.315 e. The van der Waals surface area contributed by atoms with E-state index in [2.05, 4.69) is 15.6 Å². The van der Waals surface area contributed by atoms with Crippen molar-refractivity contribution in [1.29, 1.82) is 0 Å². The summed E-state index contributed by atoms with van der Waals surface area (Å²) in [6.45, 7) is 0.340. The molecule has 1 aliphatic rings. The highest BCUT2D eigenvalue weighted by atomic mass is 32.2. The van der Waals surface area contributed by atoms with Crippen molar-refractivity contribution in [2.45, 2.75) is 19.0 Å². The molecule has 0 bridgehead atoms. The molecule has 0 radical (unpaired) electrons. The van der Waals surface area contributed by atoms with Gasteiger partial charge in [-0.05, 0) is 12.5 Å². The molecule has 1 aromatic rings. The minimum absolute atomic E-state index is 0.0241. The third-order valence-electron chi connectivity index (χ3n) is 3.30. The predicted molar refractivity (Wildman–Crippen MR) is 81.0 cm³/mol. The van der Waals surface area contributed by atoms with Gasteiger partial charge in [-0.15, -0.1) is 0 Å². The number of carbonyl (C=O) groups is 1. The van der Waals surface area contributed by atoms with Crippen molar-refractivity contribution in [3.05, 3.63) is 23.9 Å². The van der Waals surface area contributed by atoms with Crippen LogP contribution in [0.5, 0.6) is 0 Å². The summed E-state index contributed by atoms with van der Waals surface area (Å²) in [5, 5.41) is 5.43. The fourth-order valence-corrected chi connectivity index (χ4v) is 3.97. The number of carbonyl (C=O) groups excluding carboxylic acids is 1. The summed E-state index contributed by atoms with van der Waals surface area (Å²) in [7, 11) is 0.783. The van der Waals surface area contributed by atoms with E-state index >= 15 is 0 Å². The summed E-state index contributed by atoms with van der Waals surface area (Å²) in [6.07, 6.45) is 2.17. The lowest BCUT2D eigenvalue weighted by molar-refractivity contribution is 0.237. The van der Waals surface area contributed by atoms with Crippen molar-refractivity contribution >= 4 is 21.7 Å². The number of hydrogen-bond acceptors (Lipinski definition) is 5. The van der Waals surface area contributed by atoms with Crippen LogP contribution in [0.4, 0.5) is 10.6 Å². The molecule has 1 unspecified atom stereocenters. The Morgan fingerprint density at radius 3 is 2.86 bits per heavy atom. The Kier molecular flexibility index (Phi) is 4.66. The van der Waals surface area contributed by atoms with Crippen molar-refractivity contribution in [2.75, 3.05) is 30.5 Å². The second-order valence-electron chi connectivity index (χ2n) is 5.31. The lowest BCUT2D eigenvalue weighted by Gasteiger charge is -2.17. The Balaban J connectivity index is 1.87. The summed E-state index contributed by atoms with van der Waals surface area (Å²) in [5.41, 5.74) is 0.900. The normalized spacial score (nSPS) is 20.0. The molecule has 2 amide bonds. The zero-order chi connectivity index (χ0) is 15.5. The van der Waals surface area contributed by atoms with Crippen LogP contribution in [0, 0.1) is 0 Å². The highest BCUT2D eigenvalue weighted by Gasteiger charge is 2.28. The molecule has 2 rings (SSSR count). The standard InChI is InChI=1S/C13H20N4O3S/c1-17(2)12-10(4-3-6-14-12)8-15-13(18)16-11-5-7-21(19,20)9-11/h3-4,6,11H,5,7-9H2,1-2H3,(H2,15,16,18). The second kappa shape index (κ2) is 6.30. The molecule has 1 fully saturated rings. The van der Waals surface area contributed by atoms with E-state index in [0.29, 0.717) is 13.0 Å². The average molecular weight is 312 g/mol. The van der Waals surface area contributed by atoms with Gasteiger partial charge in [-0.3, -0.25) is 0 Å². The van der Waals surface area contributed by atoms with Crippen molar-refractivity contribution in [3.63, 3.8) is 0 Å². The number of sulfone groups is 1. The molecule has 0 aliphatic carbocycles. The molecule has 0 saturated carbocycles. The topological polar surface area (TPSA) is 91.4 Å². The van der Waals surface area contributed by atoms with Crippen molar-refractivity contribution in [1.82, 2.24) is 15.6 Å². The molecule has 0 spiro atoms. The van der Waals surface area contributed by atoms with Gasteiger partial charge in [0.15, 0.2) is 9.84 Å². The first kappa shape index (κ1) is 15.6. The second-order valence-corrected chi connectivity index (χ2v) is 7.54. The monoisotopic (exact) mass is 312 g/mol. The first-order valence-electron chi connectivity index (χ1n) is 6.73. The summed E-state index contributed by atoms with van der Waals surface area (Å²) in [4.78, 5) is 17.9. The van der Waals surface area contributed by atoms with Gasteiger partial charge >= 0.3 is 6.03 Å². The Morgan fingerprint density at radius 2 is 2.24 bits per heavy atom. The molecule has 0 aromatic carbocycles. The number of urea groups is 1. The summed E-state index contributed by atoms with van der Waals surface area (Å²) < 4.78 is 22.7. The molecule has 116 valence electrons. The number of anilines is 1. The van der Waals surface area contributed by atoms with Gasteiger partial charge in [-0.1, -0.05) is 6.07 Å². The minimum Gasteiger partial charge on any atom is -0.362 e. The van der Waals surface area contributed by atoms with Gasteiger partial charge < -0.3 is 15.5 Å². The number of aromatic nitrogens is 1. The first-order chi connectivity index (χ1) is 9.87. The number of rotatable bonds is 4. The molecule has 1 atom stereocenters. The highest BCUT2D eigenvalue weighted by molar-refractivity contribution is 7.91. The summed E-state index contributed by atoms with van der Waals surface area (Å²) in [5.74, 6) is 0.961. The maximum absolute atomic E-state index is 11.8. The van der Waals surface area contributed by atoms with Gasteiger partial charge in [0.2, 0.25) is 0 Å². The van der Waals surface area contributed by atoms with Gasteiger partial charge in [0.05, 0.1) is 11.5 Å². The third kappa shape index (κ3) is 4.32. The van der Waals surface area contributed by atoms with Crippen molar-refractivity contribution < 1.29 is 13.2 Å². The van der Waals surface area contributed by atoms with E-state index in [1.54, 1.807) is 6.20 Å². The SMILES string of the molecule is CN(C)c1ncccc1CNC(=O)NC1CCS(=O)(=O)C1. The van der Waals surface area contributed by atoms with Crippen LogP contribution < -0.4 is 15.5 Å². The van der Waals surface area contributed by atoms with Crippen molar-refractivity contribution in [3.8, 4) is 0 Å². The highest BCUT2D eigenvalue weighted by Crippen LogP contribution is 2.14. The number of amides is 2. The molecule has 7 nitrogen and oxygen atoms in total. The number of nitrogens with zero attached hydrogens (tertiary/aromatic N) is 2. The molecule has 2 heterocycles. The van der Waals surface area contributed by atoms with Crippen LogP contribution in [0.2, 0.25) is 0 Å². The van der Waals surface area contributed by atoms with E-state index in [1.165, 1.54) is 0 Å². The maximum atomic E-state index is 11.8. The molecular weight excluding hydrogens is 292 g/mol. The van der Waals surface area contributed by atoms with E-state index in [0.717, 1.165) is 11.4 Å². The summed E-state index contributed by atoms with van der Waals surface area (Å²) >= 11 is 0. The Labute approximate surface area is 124 Å². The maximum Gasteiger partial charge on any atom is 0.315 e. The predicted octanol–water partition coefficient (Wildman–Crippen LogP) is 0.134. The minimum atomic E-state index is -2.99. The zero-order valence-electron chi connectivity index (χ0n) is 12.2. The average Bonchev–Trinajstić information content (AvgIpc) is 2.75. The molecule has 1 aliphatic heterocycles. The Morgan fingerprint density at radius 1 is 1.48 bits per heavy atom. The first-order valence-corrected chi connectivity index (χ1v) is 8.55. The van der Waals surface area contributed by atoms with Crippen LogP contribution >= 0.6 is 0 Å². The number of nitrogens with one attached hydrogen (secondary N) is 2. The molecule has 2 N–H and O–H groups in total.